The smallest absolute Gasteiger partial charge is 0.307 e. The predicted molar refractivity (Wildman–Crippen MR) is 86.9 cm³/mol. The lowest BCUT2D eigenvalue weighted by Crippen LogP contribution is -2.30. The van der Waals surface area contributed by atoms with Crippen molar-refractivity contribution in [2.45, 2.75) is 45.6 Å². The molecule has 2 aromatic rings. The molecule has 24 heavy (non-hydrogen) atoms. The second kappa shape index (κ2) is 7.72. The van der Waals surface area contributed by atoms with E-state index in [9.17, 15) is 9.59 Å². The number of carbonyl (C=O) groups excluding carboxylic acids is 2. The van der Waals surface area contributed by atoms with Gasteiger partial charge in [-0.3, -0.25) is 9.59 Å². The highest BCUT2D eigenvalue weighted by Gasteiger charge is 2.16. The first-order chi connectivity index (χ1) is 11.4. The van der Waals surface area contributed by atoms with E-state index in [1.807, 2.05) is 24.3 Å². The number of nitrogens with two attached hydrogens (primary N) is 1. The summed E-state index contributed by atoms with van der Waals surface area (Å²) in [5, 5.41) is 3.92. The molecule has 0 unspecified atom stereocenters. The van der Waals surface area contributed by atoms with E-state index in [4.69, 9.17) is 15.0 Å². The number of nitrogens with zero attached hydrogens (tertiary/aromatic N) is 2. The predicted octanol–water partition coefficient (Wildman–Crippen LogP) is 2.21. The lowest BCUT2D eigenvalue weighted by Gasteiger charge is -2.08. The molecule has 0 aliphatic heterocycles. The van der Waals surface area contributed by atoms with Crippen molar-refractivity contribution >= 4 is 11.9 Å². The van der Waals surface area contributed by atoms with E-state index in [2.05, 4.69) is 24.0 Å². The second-order valence-corrected chi connectivity index (χ2v) is 5.82. The standard InChI is InChI=1S/C17H21N3O4/c1-10(2)12-4-6-13(7-5-12)17-19-14(24-20-17)8-9-15(21)23-11(3)16(18)22/h4-7,10-11H,8-9H2,1-3H3,(H2,18,22)/t11-/m0/s1. The molecule has 0 fully saturated rings. The van der Waals surface area contributed by atoms with Crippen LogP contribution in [0.15, 0.2) is 28.8 Å². The summed E-state index contributed by atoms with van der Waals surface area (Å²) in [6.07, 6.45) is -0.678. The third-order valence-electron chi connectivity index (χ3n) is 3.56. The molecule has 0 saturated heterocycles. The summed E-state index contributed by atoms with van der Waals surface area (Å²) in [6, 6.07) is 7.93. The third-order valence-corrected chi connectivity index (χ3v) is 3.56. The fraction of sp³-hybridized carbons (Fsp3) is 0.412. The number of rotatable bonds is 7. The first-order valence-electron chi connectivity index (χ1n) is 7.78. The molecule has 7 nitrogen and oxygen atoms in total. The van der Waals surface area contributed by atoms with Crippen molar-refractivity contribution in [3.05, 3.63) is 35.7 Å². The molecule has 128 valence electrons. The van der Waals surface area contributed by atoms with Gasteiger partial charge in [-0.25, -0.2) is 0 Å². The highest BCUT2D eigenvalue weighted by molar-refractivity contribution is 5.81. The Balaban J connectivity index is 1.93. The largest absolute Gasteiger partial charge is 0.453 e. The number of aryl methyl sites for hydroxylation is 1. The molecular weight excluding hydrogens is 310 g/mol. The number of amides is 1. The minimum absolute atomic E-state index is 0.0333. The fourth-order valence-corrected chi connectivity index (χ4v) is 2.01. The molecule has 1 aromatic heterocycles. The summed E-state index contributed by atoms with van der Waals surface area (Å²) in [5.74, 6) is 0.0325. The molecule has 0 spiro atoms. The third kappa shape index (κ3) is 4.65. The van der Waals surface area contributed by atoms with Crippen LogP contribution in [0.3, 0.4) is 0 Å². The van der Waals surface area contributed by atoms with Gasteiger partial charge < -0.3 is 15.0 Å². The van der Waals surface area contributed by atoms with Crippen LogP contribution in [0.1, 0.15) is 44.6 Å². The van der Waals surface area contributed by atoms with E-state index in [0.29, 0.717) is 17.6 Å². The van der Waals surface area contributed by atoms with E-state index >= 15 is 0 Å². The molecule has 2 rings (SSSR count). The Bertz CT molecular complexity index is 707. The van der Waals surface area contributed by atoms with Gasteiger partial charge in [-0.05, 0) is 18.4 Å². The fourth-order valence-electron chi connectivity index (χ4n) is 2.01. The van der Waals surface area contributed by atoms with E-state index in [0.717, 1.165) is 5.56 Å². The number of ether oxygens (including phenoxy) is 1. The first-order valence-corrected chi connectivity index (χ1v) is 7.78. The summed E-state index contributed by atoms with van der Waals surface area (Å²) in [4.78, 5) is 26.7. The Hall–Kier alpha value is -2.70. The summed E-state index contributed by atoms with van der Waals surface area (Å²) < 4.78 is 10.00. The zero-order valence-electron chi connectivity index (χ0n) is 14.0. The molecule has 0 saturated carbocycles. The highest BCUT2D eigenvalue weighted by atomic mass is 16.5. The van der Waals surface area contributed by atoms with Crippen molar-refractivity contribution in [1.82, 2.24) is 10.1 Å². The van der Waals surface area contributed by atoms with E-state index in [1.54, 1.807) is 0 Å². The Morgan fingerprint density at radius 2 is 1.88 bits per heavy atom. The van der Waals surface area contributed by atoms with Gasteiger partial charge in [0.15, 0.2) is 6.10 Å². The maximum Gasteiger partial charge on any atom is 0.307 e. The van der Waals surface area contributed by atoms with Crippen molar-refractivity contribution in [3.63, 3.8) is 0 Å². The van der Waals surface area contributed by atoms with Crippen LogP contribution in [-0.4, -0.2) is 28.1 Å². The van der Waals surface area contributed by atoms with Crippen molar-refractivity contribution in [2.75, 3.05) is 0 Å². The zero-order valence-corrected chi connectivity index (χ0v) is 14.0. The van der Waals surface area contributed by atoms with Crippen molar-refractivity contribution in [1.29, 1.82) is 0 Å². The zero-order chi connectivity index (χ0) is 17.7. The number of hydrogen-bond acceptors (Lipinski definition) is 6. The highest BCUT2D eigenvalue weighted by Crippen LogP contribution is 2.20. The van der Waals surface area contributed by atoms with Crippen molar-refractivity contribution in [2.24, 2.45) is 5.73 Å². The SMILES string of the molecule is CC(C)c1ccc(-c2noc(CCC(=O)O[C@@H](C)C(N)=O)n2)cc1. The average molecular weight is 331 g/mol. The number of hydrogen-bond donors (Lipinski definition) is 1. The van der Waals surface area contributed by atoms with Gasteiger partial charge in [0.25, 0.3) is 5.91 Å². The molecule has 0 aliphatic carbocycles. The normalized spacial score (nSPS) is 12.2. The van der Waals surface area contributed by atoms with Crippen LogP contribution in [0.25, 0.3) is 11.4 Å². The Morgan fingerprint density at radius 3 is 2.46 bits per heavy atom. The van der Waals surface area contributed by atoms with E-state index in [-0.39, 0.29) is 12.8 Å². The number of esters is 1. The minimum Gasteiger partial charge on any atom is -0.453 e. The van der Waals surface area contributed by atoms with Gasteiger partial charge in [0.2, 0.25) is 11.7 Å². The molecule has 1 amide bonds. The van der Waals surface area contributed by atoms with Crippen LogP contribution >= 0.6 is 0 Å². The molecular formula is C17H21N3O4. The molecule has 2 N–H and O–H groups in total. The Morgan fingerprint density at radius 1 is 1.21 bits per heavy atom. The maximum absolute atomic E-state index is 11.6. The second-order valence-electron chi connectivity index (χ2n) is 5.82. The van der Waals surface area contributed by atoms with Crippen LogP contribution in [0.2, 0.25) is 0 Å². The number of primary amides is 1. The van der Waals surface area contributed by atoms with Gasteiger partial charge in [-0.2, -0.15) is 4.98 Å². The topological polar surface area (TPSA) is 108 Å². The Kier molecular flexibility index (Phi) is 5.68. The summed E-state index contributed by atoms with van der Waals surface area (Å²) in [7, 11) is 0. The summed E-state index contributed by atoms with van der Waals surface area (Å²) >= 11 is 0. The quantitative estimate of drug-likeness (QED) is 0.779. The van der Waals surface area contributed by atoms with Crippen LogP contribution in [0, 0.1) is 0 Å². The summed E-state index contributed by atoms with van der Waals surface area (Å²) in [6.45, 7) is 5.67. The van der Waals surface area contributed by atoms with Crippen LogP contribution in [0.4, 0.5) is 0 Å². The molecule has 0 bridgehead atoms. The average Bonchev–Trinajstić information content (AvgIpc) is 3.02. The van der Waals surface area contributed by atoms with Crippen molar-refractivity contribution in [3.8, 4) is 11.4 Å². The van der Waals surface area contributed by atoms with Gasteiger partial charge in [-0.1, -0.05) is 43.3 Å². The van der Waals surface area contributed by atoms with Gasteiger partial charge in [0.05, 0.1) is 6.42 Å². The van der Waals surface area contributed by atoms with Gasteiger partial charge >= 0.3 is 5.97 Å². The molecule has 1 heterocycles. The minimum atomic E-state index is -0.949. The number of aromatic nitrogens is 2. The molecule has 7 heteroatoms. The van der Waals surface area contributed by atoms with Gasteiger partial charge in [0.1, 0.15) is 0 Å². The molecule has 0 radical (unpaired) electrons. The molecule has 0 aliphatic rings. The number of carbonyl (C=O) groups is 2. The van der Waals surface area contributed by atoms with E-state index in [1.165, 1.54) is 12.5 Å². The molecule has 1 atom stereocenters. The lowest BCUT2D eigenvalue weighted by atomic mass is 10.0. The first kappa shape index (κ1) is 17.7. The Labute approximate surface area is 140 Å². The van der Waals surface area contributed by atoms with Gasteiger partial charge in [0, 0.05) is 12.0 Å². The monoisotopic (exact) mass is 331 g/mol. The maximum atomic E-state index is 11.6. The van der Waals surface area contributed by atoms with Crippen LogP contribution in [0.5, 0.6) is 0 Å². The summed E-state index contributed by atoms with van der Waals surface area (Å²) in [5.41, 5.74) is 7.11. The van der Waals surface area contributed by atoms with E-state index < -0.39 is 18.0 Å². The lowest BCUT2D eigenvalue weighted by molar-refractivity contribution is -0.153. The molecule has 1 aromatic carbocycles. The number of benzene rings is 1. The van der Waals surface area contributed by atoms with Crippen LogP contribution in [-0.2, 0) is 20.7 Å². The van der Waals surface area contributed by atoms with Crippen molar-refractivity contribution < 1.29 is 18.8 Å². The van der Waals surface area contributed by atoms with Crippen LogP contribution < -0.4 is 5.73 Å². The van der Waals surface area contributed by atoms with Gasteiger partial charge in [-0.15, -0.1) is 0 Å².